The molecule has 0 spiro atoms. The van der Waals surface area contributed by atoms with E-state index in [1.807, 2.05) is 5.51 Å². The summed E-state index contributed by atoms with van der Waals surface area (Å²) in [5.41, 5.74) is 1.27. The molecule has 0 amide bonds. The van der Waals surface area contributed by atoms with E-state index in [1.54, 1.807) is 11.3 Å². The topological polar surface area (TPSA) is 33.1 Å². The van der Waals surface area contributed by atoms with Gasteiger partial charge in [-0.1, -0.05) is 0 Å². The fraction of sp³-hybridized carbons (Fsp3) is 0.769. The zero-order valence-electron chi connectivity index (χ0n) is 9.60. The summed E-state index contributed by atoms with van der Waals surface area (Å²) < 4.78 is 0.873. The van der Waals surface area contributed by atoms with E-state index in [0.717, 1.165) is 21.3 Å². The van der Waals surface area contributed by atoms with Gasteiger partial charge in [-0.15, -0.1) is 11.3 Å². The van der Waals surface area contributed by atoms with E-state index in [2.05, 4.69) is 20.9 Å². The number of aromatic nitrogens is 1. The molecule has 1 N–H and O–H groups in total. The van der Waals surface area contributed by atoms with Gasteiger partial charge in [0.2, 0.25) is 0 Å². The monoisotopic (exact) mass is 313 g/mol. The van der Waals surface area contributed by atoms with Crippen molar-refractivity contribution in [3.05, 3.63) is 15.0 Å². The van der Waals surface area contributed by atoms with Crippen molar-refractivity contribution in [2.45, 2.75) is 37.7 Å². The first-order valence-electron chi connectivity index (χ1n) is 6.49. The third-order valence-corrected chi connectivity index (χ3v) is 7.10. The molecule has 0 aromatic carbocycles. The van der Waals surface area contributed by atoms with Crippen molar-refractivity contribution in [2.24, 2.45) is 23.7 Å². The second-order valence-corrected chi connectivity index (χ2v) is 7.71. The van der Waals surface area contributed by atoms with E-state index < -0.39 is 5.60 Å². The molecule has 0 unspecified atom stereocenters. The SMILES string of the molecule is OC1(c2scnc2Br)C2CC3CC(C2)CC1C3. The molecule has 92 valence electrons. The number of nitrogens with zero attached hydrogens (tertiary/aromatic N) is 1. The zero-order valence-corrected chi connectivity index (χ0v) is 12.0. The normalized spacial score (nSPS) is 47.6. The Balaban J connectivity index is 1.81. The molecular formula is C13H16BrNOS. The van der Waals surface area contributed by atoms with Crippen LogP contribution in [0.3, 0.4) is 0 Å². The summed E-state index contributed by atoms with van der Waals surface area (Å²) in [5, 5.41) is 11.3. The van der Waals surface area contributed by atoms with Gasteiger partial charge >= 0.3 is 0 Å². The van der Waals surface area contributed by atoms with E-state index in [0.29, 0.717) is 11.8 Å². The minimum absolute atomic E-state index is 0.482. The van der Waals surface area contributed by atoms with E-state index >= 15 is 0 Å². The van der Waals surface area contributed by atoms with Gasteiger partial charge in [0.15, 0.2) is 0 Å². The molecular weight excluding hydrogens is 298 g/mol. The fourth-order valence-electron chi connectivity index (χ4n) is 4.77. The van der Waals surface area contributed by atoms with Crippen molar-refractivity contribution in [2.75, 3.05) is 0 Å². The number of halogens is 1. The largest absolute Gasteiger partial charge is 0.384 e. The molecule has 4 aliphatic rings. The average molecular weight is 314 g/mol. The van der Waals surface area contributed by atoms with Gasteiger partial charge in [-0.3, -0.25) is 0 Å². The molecule has 0 saturated heterocycles. The van der Waals surface area contributed by atoms with Crippen LogP contribution in [-0.2, 0) is 5.60 Å². The number of thiazole rings is 1. The smallest absolute Gasteiger partial charge is 0.123 e. The van der Waals surface area contributed by atoms with Gasteiger partial charge in [0.1, 0.15) is 10.2 Å². The maximum atomic E-state index is 11.3. The lowest BCUT2D eigenvalue weighted by molar-refractivity contribution is -0.177. The van der Waals surface area contributed by atoms with Crippen molar-refractivity contribution in [1.29, 1.82) is 0 Å². The first-order chi connectivity index (χ1) is 8.18. The first kappa shape index (κ1) is 10.9. The molecule has 4 saturated carbocycles. The summed E-state index contributed by atoms with van der Waals surface area (Å²) in [4.78, 5) is 5.36. The third-order valence-electron chi connectivity index (χ3n) is 5.27. The maximum Gasteiger partial charge on any atom is 0.123 e. The lowest BCUT2D eigenvalue weighted by Gasteiger charge is -2.58. The highest BCUT2D eigenvalue weighted by atomic mass is 79.9. The van der Waals surface area contributed by atoms with E-state index in [9.17, 15) is 5.11 Å². The van der Waals surface area contributed by atoms with E-state index in [1.165, 1.54) is 32.1 Å². The lowest BCUT2D eigenvalue weighted by Crippen LogP contribution is -2.55. The van der Waals surface area contributed by atoms with Crippen molar-refractivity contribution in [1.82, 2.24) is 4.98 Å². The Morgan fingerprint density at radius 3 is 2.24 bits per heavy atom. The quantitative estimate of drug-likeness (QED) is 0.860. The van der Waals surface area contributed by atoms with E-state index in [-0.39, 0.29) is 0 Å². The molecule has 0 atom stereocenters. The van der Waals surface area contributed by atoms with Gasteiger partial charge < -0.3 is 5.11 Å². The molecule has 4 fully saturated rings. The second kappa shape index (κ2) is 3.55. The van der Waals surface area contributed by atoms with Crippen LogP contribution in [0.5, 0.6) is 0 Å². The van der Waals surface area contributed by atoms with Crippen LogP contribution >= 0.6 is 27.3 Å². The van der Waals surface area contributed by atoms with Gasteiger partial charge in [-0.25, -0.2) is 4.98 Å². The molecule has 5 rings (SSSR count). The van der Waals surface area contributed by atoms with Crippen molar-refractivity contribution < 1.29 is 5.11 Å². The van der Waals surface area contributed by atoms with Crippen LogP contribution in [0.25, 0.3) is 0 Å². The van der Waals surface area contributed by atoms with Crippen molar-refractivity contribution in [3.63, 3.8) is 0 Å². The Labute approximate surface area is 114 Å². The molecule has 4 aliphatic carbocycles. The van der Waals surface area contributed by atoms with Crippen molar-refractivity contribution >= 4 is 27.3 Å². The molecule has 1 aromatic rings. The van der Waals surface area contributed by atoms with Gasteiger partial charge in [-0.05, 0) is 71.7 Å². The van der Waals surface area contributed by atoms with Crippen LogP contribution in [0.2, 0.25) is 0 Å². The van der Waals surface area contributed by atoms with Gasteiger partial charge in [0.25, 0.3) is 0 Å². The number of aliphatic hydroxyl groups is 1. The molecule has 2 nitrogen and oxygen atoms in total. The minimum atomic E-state index is -0.576. The summed E-state index contributed by atoms with van der Waals surface area (Å²) in [6.07, 6.45) is 6.34. The van der Waals surface area contributed by atoms with Crippen LogP contribution < -0.4 is 0 Å². The first-order valence-corrected chi connectivity index (χ1v) is 8.17. The molecule has 4 bridgehead atoms. The molecule has 17 heavy (non-hydrogen) atoms. The van der Waals surface area contributed by atoms with Crippen LogP contribution in [-0.4, -0.2) is 10.1 Å². The summed E-state index contributed by atoms with van der Waals surface area (Å²) in [7, 11) is 0. The lowest BCUT2D eigenvalue weighted by atomic mass is 9.49. The highest BCUT2D eigenvalue weighted by molar-refractivity contribution is 9.10. The van der Waals surface area contributed by atoms with Crippen LogP contribution in [0.15, 0.2) is 10.1 Å². The van der Waals surface area contributed by atoms with Gasteiger partial charge in [-0.2, -0.15) is 0 Å². The molecule has 1 heterocycles. The Morgan fingerprint density at radius 1 is 1.18 bits per heavy atom. The summed E-state index contributed by atoms with van der Waals surface area (Å²) in [6, 6.07) is 0. The van der Waals surface area contributed by atoms with Crippen LogP contribution in [0.4, 0.5) is 0 Å². The van der Waals surface area contributed by atoms with E-state index in [4.69, 9.17) is 0 Å². The fourth-order valence-corrected chi connectivity index (χ4v) is 6.54. The number of hydrogen-bond donors (Lipinski definition) is 1. The predicted octanol–water partition coefficient (Wildman–Crippen LogP) is 3.55. The minimum Gasteiger partial charge on any atom is -0.384 e. The molecule has 4 heteroatoms. The summed E-state index contributed by atoms with van der Waals surface area (Å²) in [5.74, 6) is 2.75. The Kier molecular flexibility index (Phi) is 2.28. The molecule has 0 aliphatic heterocycles. The average Bonchev–Trinajstić information content (AvgIpc) is 2.71. The van der Waals surface area contributed by atoms with Crippen LogP contribution in [0, 0.1) is 23.7 Å². The summed E-state index contributed by atoms with van der Waals surface area (Å²) in [6.45, 7) is 0. The number of rotatable bonds is 1. The van der Waals surface area contributed by atoms with Crippen LogP contribution in [0.1, 0.15) is 37.0 Å². The standard InChI is InChI=1S/C13H16BrNOS/c14-12-11(17-6-15-12)13(16)9-2-7-1-8(4-9)5-10(13)3-7/h6-10,16H,1-5H2. The Morgan fingerprint density at radius 2 is 1.76 bits per heavy atom. The highest BCUT2D eigenvalue weighted by Gasteiger charge is 2.58. The van der Waals surface area contributed by atoms with Gasteiger partial charge in [0, 0.05) is 0 Å². The predicted molar refractivity (Wildman–Crippen MR) is 70.8 cm³/mol. The Hall–Kier alpha value is 0.0700. The number of hydrogen-bond acceptors (Lipinski definition) is 3. The summed E-state index contributed by atoms with van der Waals surface area (Å²) >= 11 is 5.13. The third kappa shape index (κ3) is 1.38. The zero-order chi connectivity index (χ0) is 11.6. The van der Waals surface area contributed by atoms with Crippen molar-refractivity contribution in [3.8, 4) is 0 Å². The van der Waals surface area contributed by atoms with Gasteiger partial charge in [0.05, 0.1) is 10.4 Å². The maximum absolute atomic E-state index is 11.3. The second-order valence-electron chi connectivity index (χ2n) is 6.10. The Bertz CT molecular complexity index is 430. The highest BCUT2D eigenvalue weighted by Crippen LogP contribution is 2.62. The molecule has 1 aromatic heterocycles. The molecule has 0 radical (unpaired) electrons.